The molecule has 4 aromatic rings. The molecular weight excluding hydrogens is 853 g/mol. The molecular formula is C42H37F6N3O4S4. The Balaban J connectivity index is 1.63. The number of halogens is 6. The van der Waals surface area contributed by atoms with Crippen molar-refractivity contribution in [1.29, 1.82) is 0 Å². The number of fused-ring (bicyclic) bond motifs is 2. The summed E-state index contributed by atoms with van der Waals surface area (Å²) in [6, 6.07) is 21.7. The highest BCUT2D eigenvalue weighted by Gasteiger charge is 2.60. The summed E-state index contributed by atoms with van der Waals surface area (Å²) < 4.78 is 119. The molecule has 2 N–H and O–H groups in total. The average molecular weight is 890 g/mol. The lowest BCUT2D eigenvalue weighted by Crippen LogP contribution is -2.39. The maximum atomic E-state index is 14.0. The summed E-state index contributed by atoms with van der Waals surface area (Å²) >= 11 is -3.52. The molecule has 1 amide bonds. The number of nitrogens with zero attached hydrogens (tertiary/aromatic N) is 1. The number of carbonyl (C=O) groups is 1. The lowest BCUT2D eigenvalue weighted by Gasteiger charge is -2.25. The maximum Gasteiger partial charge on any atom is 0.503 e. The fourth-order valence-electron chi connectivity index (χ4n) is 7.08. The Bertz CT molecular complexity index is 2760. The van der Waals surface area contributed by atoms with Gasteiger partial charge in [-0.1, -0.05) is 48.0 Å². The van der Waals surface area contributed by atoms with Gasteiger partial charge >= 0.3 is 20.9 Å². The molecule has 1 aliphatic heterocycles. The van der Waals surface area contributed by atoms with E-state index in [2.05, 4.69) is 10.6 Å². The standard InChI is InChI=1S/C42H37F6N3O4S4/c1-21-16-22(2)37(23(3)17-21)50-28-12-14-30-33(19-28)56-34-20-29(51-39-25(5)18-24(4)38(26(39)6)49-27(7)52)13-15-31(34)36(30)32-10-8-9-11-35(32)58(53)40(57-41(43,44)45)59(54,55)42(46,47)48/h8-20,40,50H,1-7H3,(H,49,52)/b51-29+. The van der Waals surface area contributed by atoms with Crippen LogP contribution in [0.5, 0.6) is 0 Å². The van der Waals surface area contributed by atoms with Crippen molar-refractivity contribution >= 4 is 82.9 Å². The molecule has 0 radical (unpaired) electrons. The Morgan fingerprint density at radius 2 is 1.46 bits per heavy atom. The highest BCUT2D eigenvalue weighted by Crippen LogP contribution is 2.50. The molecule has 59 heavy (non-hydrogen) atoms. The largest absolute Gasteiger partial charge is 0.610 e. The van der Waals surface area contributed by atoms with Crippen LogP contribution in [0.3, 0.4) is 0 Å². The summed E-state index contributed by atoms with van der Waals surface area (Å²) in [5.74, 6) is -0.250. The molecule has 1 aliphatic carbocycles. The van der Waals surface area contributed by atoms with E-state index in [1.807, 2.05) is 65.8 Å². The Labute approximate surface area is 348 Å². The zero-order valence-corrected chi connectivity index (χ0v) is 35.8. The number of sulfone groups is 1. The number of aryl methyl sites for hydroxylation is 5. The van der Waals surface area contributed by atoms with E-state index in [1.165, 1.54) is 36.5 Å². The lowest BCUT2D eigenvalue weighted by molar-refractivity contribution is -0.114. The molecule has 0 aromatic heterocycles. The van der Waals surface area contributed by atoms with Crippen LogP contribution < -0.4 is 16.0 Å². The van der Waals surface area contributed by atoms with Crippen molar-refractivity contribution in [3.05, 3.63) is 118 Å². The zero-order valence-electron chi connectivity index (χ0n) is 32.6. The number of amides is 1. The Kier molecular flexibility index (Phi) is 12.3. The van der Waals surface area contributed by atoms with Crippen LogP contribution >= 0.6 is 23.1 Å². The van der Waals surface area contributed by atoms with Crippen molar-refractivity contribution in [3.8, 4) is 21.6 Å². The van der Waals surface area contributed by atoms with Crippen LogP contribution in [0.1, 0.15) is 40.3 Å². The summed E-state index contributed by atoms with van der Waals surface area (Å²) in [4.78, 5) is 17.0. The molecule has 0 fully saturated rings. The van der Waals surface area contributed by atoms with Crippen LogP contribution in [0.15, 0.2) is 88.8 Å². The molecule has 1 heterocycles. The number of nitrogens with one attached hydrogen (secondary N) is 2. The van der Waals surface area contributed by atoms with Crippen LogP contribution in [0, 0.1) is 41.5 Å². The predicted octanol–water partition coefficient (Wildman–Crippen LogP) is 12.0. The molecule has 0 saturated heterocycles. The van der Waals surface area contributed by atoms with Crippen molar-refractivity contribution in [3.63, 3.8) is 0 Å². The van der Waals surface area contributed by atoms with Crippen LogP contribution in [-0.2, 0) is 25.8 Å². The normalized spacial score (nSPS) is 13.8. The van der Waals surface area contributed by atoms with Gasteiger partial charge in [-0.15, -0.1) is 11.3 Å². The number of carbonyl (C=O) groups excluding carboxylic acids is 1. The summed E-state index contributed by atoms with van der Waals surface area (Å²) in [5, 5.41) is 7.35. The van der Waals surface area contributed by atoms with Gasteiger partial charge in [-0.3, -0.25) is 4.79 Å². The Hall–Kier alpha value is -4.55. The molecule has 2 unspecified atom stereocenters. The molecule has 17 heteroatoms. The van der Waals surface area contributed by atoms with Gasteiger partial charge in [0.2, 0.25) is 5.91 Å². The third-order valence-corrected chi connectivity index (χ3v) is 16.5. The molecule has 0 spiro atoms. The minimum atomic E-state index is -6.60. The van der Waals surface area contributed by atoms with Crippen molar-refractivity contribution < 1.29 is 44.1 Å². The topological polar surface area (TPSA) is 111 Å². The first-order chi connectivity index (χ1) is 27.5. The molecule has 7 nitrogen and oxygen atoms in total. The Morgan fingerprint density at radius 1 is 0.814 bits per heavy atom. The summed E-state index contributed by atoms with van der Waals surface area (Å²) in [7, 11) is -6.60. The first-order valence-corrected chi connectivity index (χ1v) is 22.3. The van der Waals surface area contributed by atoms with E-state index in [0.717, 1.165) is 45.1 Å². The van der Waals surface area contributed by atoms with Crippen LogP contribution in [0.2, 0.25) is 0 Å². The van der Waals surface area contributed by atoms with Gasteiger partial charge in [0, 0.05) is 78.6 Å². The van der Waals surface area contributed by atoms with Crippen LogP contribution in [-0.4, -0.2) is 33.8 Å². The quantitative estimate of drug-likeness (QED) is 0.0850. The molecule has 6 rings (SSSR count). The first-order valence-electron chi connectivity index (χ1n) is 17.8. The lowest BCUT2D eigenvalue weighted by atomic mass is 9.95. The summed E-state index contributed by atoms with van der Waals surface area (Å²) in [6.07, 6.45) is 0. The molecule has 0 bridgehead atoms. The number of anilines is 3. The van der Waals surface area contributed by atoms with Crippen molar-refractivity contribution in [2.45, 2.75) is 68.3 Å². The number of rotatable bonds is 9. The maximum absolute atomic E-state index is 14.0. The fraction of sp³-hybridized carbons (Fsp3) is 0.238. The van der Waals surface area contributed by atoms with Gasteiger partial charge < -0.3 is 15.2 Å². The zero-order chi connectivity index (χ0) is 43.4. The SMILES string of the molecule is CC(=O)Nc1c(C)cc(C)c(/N=c2\ccc3c(-c4ccccc4[S+]([O-])C(SC(F)(F)F)S(=O)(=O)C(F)(F)F)c4ccc(Nc5c(C)cc(C)cc5C)cc4sc-3c2)c1C. The molecule has 310 valence electrons. The van der Waals surface area contributed by atoms with Gasteiger partial charge in [0.1, 0.15) is 0 Å². The Morgan fingerprint density at radius 3 is 2.08 bits per heavy atom. The van der Waals surface area contributed by atoms with Crippen LogP contribution in [0.25, 0.3) is 31.7 Å². The summed E-state index contributed by atoms with van der Waals surface area (Å²) in [5.41, 5.74) is -2.52. The van der Waals surface area contributed by atoms with Gasteiger partial charge in [0.25, 0.3) is 3.91 Å². The highest BCUT2D eigenvalue weighted by molar-refractivity contribution is 8.27. The van der Waals surface area contributed by atoms with E-state index >= 15 is 0 Å². The monoisotopic (exact) mass is 889 g/mol. The number of thioether (sulfide) groups is 1. The fourth-order valence-corrected chi connectivity index (χ4v) is 13.2. The van der Waals surface area contributed by atoms with Gasteiger partial charge in [0.05, 0.1) is 11.0 Å². The molecule has 0 saturated carbocycles. The average Bonchev–Trinajstić information content (AvgIpc) is 3.13. The minimum absolute atomic E-state index is 0.0143. The van der Waals surface area contributed by atoms with Gasteiger partial charge in [-0.2, -0.15) is 26.3 Å². The third-order valence-electron chi connectivity index (χ3n) is 9.48. The summed E-state index contributed by atoms with van der Waals surface area (Å²) in [6.45, 7) is 12.9. The third kappa shape index (κ3) is 9.14. The number of benzene rings is 5. The van der Waals surface area contributed by atoms with Gasteiger partial charge in [-0.25, -0.2) is 13.4 Å². The van der Waals surface area contributed by atoms with Crippen LogP contribution in [0.4, 0.5) is 49.1 Å². The molecule has 4 aromatic carbocycles. The predicted molar refractivity (Wildman–Crippen MR) is 227 cm³/mol. The first kappa shape index (κ1) is 44.0. The molecule has 2 atom stereocenters. The van der Waals surface area contributed by atoms with Crippen molar-refractivity contribution in [1.82, 2.24) is 0 Å². The second-order valence-corrected chi connectivity index (χ2v) is 20.7. The van der Waals surface area contributed by atoms with Crippen molar-refractivity contribution in [2.75, 3.05) is 10.6 Å². The van der Waals surface area contributed by atoms with E-state index in [1.54, 1.807) is 30.3 Å². The van der Waals surface area contributed by atoms with Gasteiger partial charge in [-0.05, 0) is 106 Å². The van der Waals surface area contributed by atoms with Crippen molar-refractivity contribution in [2.24, 2.45) is 4.99 Å². The van der Waals surface area contributed by atoms with E-state index < -0.39 is 52.6 Å². The van der Waals surface area contributed by atoms with E-state index in [0.29, 0.717) is 48.5 Å². The minimum Gasteiger partial charge on any atom is -0.610 e. The molecule has 2 aliphatic rings. The van der Waals surface area contributed by atoms with E-state index in [9.17, 15) is 44.1 Å². The number of hydrogen-bond donors (Lipinski definition) is 2. The second-order valence-electron chi connectivity index (χ2n) is 14.1. The smallest absolute Gasteiger partial charge is 0.503 e. The number of alkyl halides is 6. The van der Waals surface area contributed by atoms with Gasteiger partial charge in [0.15, 0.2) is 4.90 Å². The number of hydrogen-bond acceptors (Lipinski definition) is 8. The van der Waals surface area contributed by atoms with E-state index in [-0.39, 0.29) is 11.5 Å². The highest BCUT2D eigenvalue weighted by atomic mass is 32.3. The second kappa shape index (κ2) is 16.5. The van der Waals surface area contributed by atoms with E-state index in [4.69, 9.17) is 4.99 Å².